The molecule has 0 radical (unpaired) electrons. The average molecular weight is 237 g/mol. The molecule has 4 heteroatoms. The molecule has 1 N–H and O–H groups in total. The fourth-order valence-electron chi connectivity index (χ4n) is 2.31. The highest BCUT2D eigenvalue weighted by molar-refractivity contribution is 7.13. The highest BCUT2D eigenvalue weighted by atomic mass is 32.1. The number of hydrogen-bond donors (Lipinski definition) is 1. The van der Waals surface area contributed by atoms with Crippen LogP contribution in [0.2, 0.25) is 0 Å². The summed E-state index contributed by atoms with van der Waals surface area (Å²) in [5.41, 5.74) is 1.15. The molecular formula is C12H19N3S. The molecule has 1 aliphatic heterocycles. The average Bonchev–Trinajstić information content (AvgIpc) is 3.00. The molecule has 0 amide bonds. The maximum absolute atomic E-state index is 4.56. The number of nitrogens with one attached hydrogen (secondary N) is 1. The number of rotatable bonds is 3. The lowest BCUT2D eigenvalue weighted by atomic mass is 10.1. The van der Waals surface area contributed by atoms with E-state index < -0.39 is 0 Å². The number of anilines is 1. The van der Waals surface area contributed by atoms with Crippen LogP contribution in [0.3, 0.4) is 0 Å². The van der Waals surface area contributed by atoms with Crippen LogP contribution in [0.15, 0.2) is 5.38 Å². The Hall–Kier alpha value is -0.610. The Morgan fingerprint density at radius 3 is 2.50 bits per heavy atom. The fourth-order valence-corrected chi connectivity index (χ4v) is 3.16. The lowest BCUT2D eigenvalue weighted by molar-refractivity contribution is 0.412. The van der Waals surface area contributed by atoms with Gasteiger partial charge in [-0.15, -0.1) is 11.3 Å². The Labute approximate surface area is 101 Å². The van der Waals surface area contributed by atoms with Crippen LogP contribution in [-0.4, -0.2) is 30.2 Å². The molecular weight excluding hydrogens is 218 g/mol. The first kappa shape index (κ1) is 10.5. The molecule has 3 nitrogen and oxygen atoms in total. The molecule has 1 aromatic rings. The van der Waals surface area contributed by atoms with Crippen LogP contribution >= 0.6 is 11.3 Å². The van der Waals surface area contributed by atoms with Gasteiger partial charge in [-0.1, -0.05) is 0 Å². The van der Waals surface area contributed by atoms with Crippen LogP contribution in [-0.2, 0) is 0 Å². The minimum atomic E-state index is 0.754. The molecule has 1 aromatic heterocycles. The summed E-state index contributed by atoms with van der Waals surface area (Å²) in [5, 5.41) is 7.08. The van der Waals surface area contributed by atoms with E-state index in [9.17, 15) is 0 Å². The Bertz CT molecular complexity index is 351. The van der Waals surface area contributed by atoms with E-state index >= 15 is 0 Å². The molecule has 1 saturated carbocycles. The molecule has 16 heavy (non-hydrogen) atoms. The van der Waals surface area contributed by atoms with Crippen LogP contribution in [0, 0.1) is 6.92 Å². The van der Waals surface area contributed by atoms with Crippen molar-refractivity contribution in [2.75, 3.05) is 18.0 Å². The molecule has 0 aromatic carbocycles. The molecule has 2 heterocycles. The Kier molecular flexibility index (Phi) is 2.86. The lowest BCUT2D eigenvalue weighted by Gasteiger charge is -2.32. The normalized spacial score (nSPS) is 22.7. The topological polar surface area (TPSA) is 28.2 Å². The summed E-state index contributed by atoms with van der Waals surface area (Å²) in [6.45, 7) is 4.40. The van der Waals surface area contributed by atoms with Crippen molar-refractivity contribution in [3.05, 3.63) is 11.1 Å². The molecule has 2 fully saturated rings. The number of aryl methyl sites for hydroxylation is 1. The maximum Gasteiger partial charge on any atom is 0.185 e. The SMILES string of the molecule is Cc1csc(N2CCC(NC3CC3)CC2)n1. The van der Waals surface area contributed by atoms with Crippen LogP contribution in [0.25, 0.3) is 0 Å². The molecule has 1 saturated heterocycles. The van der Waals surface area contributed by atoms with Gasteiger partial charge in [-0.25, -0.2) is 4.98 Å². The first-order valence-electron chi connectivity index (χ1n) is 6.24. The van der Waals surface area contributed by atoms with Gasteiger partial charge in [0.15, 0.2) is 5.13 Å². The van der Waals surface area contributed by atoms with Gasteiger partial charge in [-0.2, -0.15) is 0 Å². The van der Waals surface area contributed by atoms with E-state index in [4.69, 9.17) is 0 Å². The standard InChI is InChI=1S/C12H19N3S/c1-9-8-16-12(13-9)15-6-4-11(5-7-15)14-10-2-3-10/h8,10-11,14H,2-7H2,1H3. The van der Waals surface area contributed by atoms with Crippen LogP contribution < -0.4 is 10.2 Å². The smallest absolute Gasteiger partial charge is 0.185 e. The number of piperidine rings is 1. The van der Waals surface area contributed by atoms with E-state index in [1.54, 1.807) is 11.3 Å². The van der Waals surface area contributed by atoms with Crippen molar-refractivity contribution in [3.8, 4) is 0 Å². The third-order valence-corrected chi connectivity index (χ3v) is 4.44. The Morgan fingerprint density at radius 2 is 1.94 bits per heavy atom. The van der Waals surface area contributed by atoms with Crippen molar-refractivity contribution >= 4 is 16.5 Å². The summed E-state index contributed by atoms with van der Waals surface area (Å²) in [5.74, 6) is 0. The largest absolute Gasteiger partial charge is 0.348 e. The van der Waals surface area contributed by atoms with E-state index in [0.29, 0.717) is 0 Å². The number of thiazole rings is 1. The summed E-state index contributed by atoms with van der Waals surface area (Å²) in [4.78, 5) is 6.99. The van der Waals surface area contributed by atoms with Crippen LogP contribution in [0.4, 0.5) is 5.13 Å². The molecule has 0 unspecified atom stereocenters. The summed E-state index contributed by atoms with van der Waals surface area (Å²) in [6, 6.07) is 1.60. The van der Waals surface area contributed by atoms with Crippen molar-refractivity contribution in [2.24, 2.45) is 0 Å². The van der Waals surface area contributed by atoms with E-state index in [0.717, 1.165) is 30.9 Å². The Morgan fingerprint density at radius 1 is 1.25 bits per heavy atom. The highest BCUT2D eigenvalue weighted by Gasteiger charge is 2.27. The molecule has 2 aliphatic rings. The second kappa shape index (κ2) is 4.34. The van der Waals surface area contributed by atoms with Gasteiger partial charge in [-0.3, -0.25) is 0 Å². The molecule has 88 valence electrons. The first-order valence-corrected chi connectivity index (χ1v) is 7.12. The number of aromatic nitrogens is 1. The second-order valence-electron chi connectivity index (χ2n) is 4.97. The zero-order chi connectivity index (χ0) is 11.0. The number of hydrogen-bond acceptors (Lipinski definition) is 4. The summed E-state index contributed by atoms with van der Waals surface area (Å²) >= 11 is 1.78. The van der Waals surface area contributed by atoms with Crippen molar-refractivity contribution in [1.82, 2.24) is 10.3 Å². The maximum atomic E-state index is 4.56. The van der Waals surface area contributed by atoms with Gasteiger partial charge in [0.05, 0.1) is 5.69 Å². The summed E-state index contributed by atoms with van der Waals surface area (Å²) in [7, 11) is 0. The van der Waals surface area contributed by atoms with E-state index in [1.165, 1.54) is 30.8 Å². The van der Waals surface area contributed by atoms with Gasteiger partial charge >= 0.3 is 0 Å². The quantitative estimate of drug-likeness (QED) is 0.873. The van der Waals surface area contributed by atoms with Crippen molar-refractivity contribution in [3.63, 3.8) is 0 Å². The van der Waals surface area contributed by atoms with Gasteiger partial charge < -0.3 is 10.2 Å². The second-order valence-corrected chi connectivity index (χ2v) is 5.81. The predicted molar refractivity (Wildman–Crippen MR) is 68.2 cm³/mol. The molecule has 0 bridgehead atoms. The number of nitrogens with zero attached hydrogens (tertiary/aromatic N) is 2. The zero-order valence-electron chi connectivity index (χ0n) is 9.78. The van der Waals surface area contributed by atoms with Crippen LogP contribution in [0.5, 0.6) is 0 Å². The Balaban J connectivity index is 1.53. The molecule has 3 rings (SSSR count). The van der Waals surface area contributed by atoms with Crippen molar-refractivity contribution in [1.29, 1.82) is 0 Å². The van der Waals surface area contributed by atoms with Crippen molar-refractivity contribution in [2.45, 2.75) is 44.7 Å². The zero-order valence-corrected chi connectivity index (χ0v) is 10.6. The third-order valence-electron chi connectivity index (χ3n) is 3.42. The predicted octanol–water partition coefficient (Wildman–Crippen LogP) is 2.17. The van der Waals surface area contributed by atoms with Crippen LogP contribution in [0.1, 0.15) is 31.4 Å². The summed E-state index contributed by atoms with van der Waals surface area (Å²) < 4.78 is 0. The minimum absolute atomic E-state index is 0.754. The summed E-state index contributed by atoms with van der Waals surface area (Å²) in [6.07, 6.45) is 5.34. The molecule has 1 aliphatic carbocycles. The van der Waals surface area contributed by atoms with Crippen molar-refractivity contribution < 1.29 is 0 Å². The highest BCUT2D eigenvalue weighted by Crippen LogP contribution is 2.26. The monoisotopic (exact) mass is 237 g/mol. The fraction of sp³-hybridized carbons (Fsp3) is 0.750. The van der Waals surface area contributed by atoms with E-state index in [2.05, 4.69) is 27.5 Å². The van der Waals surface area contributed by atoms with Gasteiger partial charge in [0.1, 0.15) is 0 Å². The van der Waals surface area contributed by atoms with E-state index in [1.807, 2.05) is 0 Å². The van der Waals surface area contributed by atoms with Gasteiger partial charge in [0.2, 0.25) is 0 Å². The molecule has 0 atom stereocenters. The van der Waals surface area contributed by atoms with Gasteiger partial charge in [-0.05, 0) is 32.6 Å². The van der Waals surface area contributed by atoms with E-state index in [-0.39, 0.29) is 0 Å². The molecule has 0 spiro atoms. The van der Waals surface area contributed by atoms with Gasteiger partial charge in [0, 0.05) is 30.6 Å². The lowest BCUT2D eigenvalue weighted by Crippen LogP contribution is -2.43. The third kappa shape index (κ3) is 2.38. The minimum Gasteiger partial charge on any atom is -0.348 e. The first-order chi connectivity index (χ1) is 7.81. The van der Waals surface area contributed by atoms with Gasteiger partial charge in [0.25, 0.3) is 0 Å².